The van der Waals surface area contributed by atoms with Crippen LogP contribution in [0.3, 0.4) is 0 Å². The fourth-order valence-electron chi connectivity index (χ4n) is 2.92. The highest BCUT2D eigenvalue weighted by atomic mass is 32.1. The number of amides is 2. The minimum absolute atomic E-state index is 0.0838. The summed E-state index contributed by atoms with van der Waals surface area (Å²) >= 11 is 1.49. The van der Waals surface area contributed by atoms with Gasteiger partial charge in [-0.25, -0.2) is 0 Å². The molecule has 142 valence electrons. The predicted molar refractivity (Wildman–Crippen MR) is 112 cm³/mol. The van der Waals surface area contributed by atoms with Crippen LogP contribution in [0, 0.1) is 12.8 Å². The van der Waals surface area contributed by atoms with Gasteiger partial charge in [-0.2, -0.15) is 11.3 Å². The molecule has 2 amide bonds. The van der Waals surface area contributed by atoms with Gasteiger partial charge in [0.25, 0.3) is 11.8 Å². The van der Waals surface area contributed by atoms with E-state index in [2.05, 4.69) is 15.6 Å². The number of carbonyl (C=O) groups is 2. The Morgan fingerprint density at radius 3 is 2.64 bits per heavy atom. The summed E-state index contributed by atoms with van der Waals surface area (Å²) in [6.07, 6.45) is 4.01. The first-order valence-corrected chi connectivity index (χ1v) is 10.2. The third kappa shape index (κ3) is 4.28. The van der Waals surface area contributed by atoms with Crippen LogP contribution < -0.4 is 10.6 Å². The minimum Gasteiger partial charge on any atom is -0.352 e. The first kappa shape index (κ1) is 18.4. The largest absolute Gasteiger partial charge is 0.352 e. The molecule has 1 aliphatic carbocycles. The van der Waals surface area contributed by atoms with E-state index in [1.54, 1.807) is 18.3 Å². The number of hydrogen-bond donors (Lipinski definition) is 2. The van der Waals surface area contributed by atoms with Crippen molar-refractivity contribution >= 4 is 28.8 Å². The SMILES string of the molecule is Cc1ccc(NC(=O)c2ccsc2)cc1-c1ccc(C(=O)NCC2CC2)cn1. The van der Waals surface area contributed by atoms with Gasteiger partial charge >= 0.3 is 0 Å². The van der Waals surface area contributed by atoms with Crippen LogP contribution in [0.2, 0.25) is 0 Å². The monoisotopic (exact) mass is 391 g/mol. The van der Waals surface area contributed by atoms with E-state index in [1.165, 1.54) is 24.2 Å². The minimum atomic E-state index is -0.133. The molecule has 5 nitrogen and oxygen atoms in total. The van der Waals surface area contributed by atoms with Crippen LogP contribution in [0.15, 0.2) is 53.4 Å². The quantitative estimate of drug-likeness (QED) is 0.649. The van der Waals surface area contributed by atoms with Gasteiger partial charge in [0, 0.05) is 29.4 Å². The number of aromatic nitrogens is 1. The molecule has 2 N–H and O–H groups in total. The first-order valence-electron chi connectivity index (χ1n) is 9.29. The Morgan fingerprint density at radius 1 is 1.11 bits per heavy atom. The van der Waals surface area contributed by atoms with Crippen molar-refractivity contribution in [2.45, 2.75) is 19.8 Å². The molecule has 1 aromatic carbocycles. The van der Waals surface area contributed by atoms with Gasteiger partial charge in [-0.05, 0) is 67.0 Å². The molecule has 1 fully saturated rings. The van der Waals surface area contributed by atoms with E-state index in [4.69, 9.17) is 0 Å². The van der Waals surface area contributed by atoms with Crippen molar-refractivity contribution in [3.63, 3.8) is 0 Å². The van der Waals surface area contributed by atoms with Crippen LogP contribution in [0.1, 0.15) is 39.1 Å². The summed E-state index contributed by atoms with van der Waals surface area (Å²) in [6.45, 7) is 2.74. The third-order valence-corrected chi connectivity index (χ3v) is 5.51. The number of nitrogens with zero attached hydrogens (tertiary/aromatic N) is 1. The van der Waals surface area contributed by atoms with E-state index in [0.29, 0.717) is 22.7 Å². The summed E-state index contributed by atoms with van der Waals surface area (Å²) in [6, 6.07) is 11.2. The second-order valence-electron chi connectivity index (χ2n) is 7.08. The van der Waals surface area contributed by atoms with Crippen molar-refractivity contribution in [1.29, 1.82) is 0 Å². The lowest BCUT2D eigenvalue weighted by Gasteiger charge is -2.10. The first-order chi connectivity index (χ1) is 13.6. The van der Waals surface area contributed by atoms with Crippen LogP contribution in [-0.2, 0) is 0 Å². The van der Waals surface area contributed by atoms with Gasteiger partial charge in [-0.15, -0.1) is 0 Å². The number of carbonyl (C=O) groups excluding carboxylic acids is 2. The summed E-state index contributed by atoms with van der Waals surface area (Å²) in [7, 11) is 0. The van der Waals surface area contributed by atoms with Crippen LogP contribution in [0.4, 0.5) is 5.69 Å². The summed E-state index contributed by atoms with van der Waals surface area (Å²) in [5, 5.41) is 9.57. The van der Waals surface area contributed by atoms with Gasteiger partial charge in [0.2, 0.25) is 0 Å². The molecule has 6 heteroatoms. The van der Waals surface area contributed by atoms with Gasteiger partial charge in [0.15, 0.2) is 0 Å². The Hall–Kier alpha value is -2.99. The van der Waals surface area contributed by atoms with Gasteiger partial charge in [-0.3, -0.25) is 14.6 Å². The summed E-state index contributed by atoms with van der Waals surface area (Å²) in [4.78, 5) is 28.9. The lowest BCUT2D eigenvalue weighted by atomic mass is 10.0. The zero-order valence-electron chi connectivity index (χ0n) is 15.6. The van der Waals surface area contributed by atoms with E-state index in [0.717, 1.165) is 23.4 Å². The Kier molecular flexibility index (Phi) is 5.21. The van der Waals surface area contributed by atoms with Gasteiger partial charge < -0.3 is 10.6 Å². The Labute approximate surface area is 167 Å². The number of aryl methyl sites for hydroxylation is 1. The molecule has 0 spiro atoms. The second-order valence-corrected chi connectivity index (χ2v) is 7.86. The second kappa shape index (κ2) is 7.94. The molecule has 0 atom stereocenters. The van der Waals surface area contributed by atoms with Gasteiger partial charge in [0.05, 0.1) is 16.8 Å². The summed E-state index contributed by atoms with van der Waals surface area (Å²) in [5.41, 5.74) is 4.66. The highest BCUT2D eigenvalue weighted by Gasteiger charge is 2.22. The Bertz CT molecular complexity index is 993. The Morgan fingerprint density at radius 2 is 1.96 bits per heavy atom. The average Bonchev–Trinajstić information content (AvgIpc) is 3.38. The molecule has 0 bridgehead atoms. The van der Waals surface area contributed by atoms with E-state index in [-0.39, 0.29) is 11.8 Å². The van der Waals surface area contributed by atoms with Crippen LogP contribution in [-0.4, -0.2) is 23.3 Å². The predicted octanol–water partition coefficient (Wildman–Crippen LogP) is 4.51. The highest BCUT2D eigenvalue weighted by Crippen LogP contribution is 2.28. The average molecular weight is 391 g/mol. The molecule has 1 saturated carbocycles. The zero-order chi connectivity index (χ0) is 19.5. The number of thiophene rings is 1. The molecule has 28 heavy (non-hydrogen) atoms. The fraction of sp³-hybridized carbons (Fsp3) is 0.227. The maximum atomic E-state index is 12.3. The molecular formula is C22H21N3O2S. The highest BCUT2D eigenvalue weighted by molar-refractivity contribution is 7.08. The molecular weight excluding hydrogens is 370 g/mol. The maximum absolute atomic E-state index is 12.3. The van der Waals surface area contributed by atoms with Crippen molar-refractivity contribution in [2.75, 3.05) is 11.9 Å². The molecule has 0 aliphatic heterocycles. The topological polar surface area (TPSA) is 71.1 Å². The number of hydrogen-bond acceptors (Lipinski definition) is 4. The van der Waals surface area contributed by atoms with Crippen molar-refractivity contribution in [3.8, 4) is 11.3 Å². The number of pyridine rings is 1. The number of benzene rings is 1. The molecule has 2 heterocycles. The lowest BCUT2D eigenvalue weighted by Crippen LogP contribution is -2.25. The van der Waals surface area contributed by atoms with E-state index >= 15 is 0 Å². The van der Waals surface area contributed by atoms with Gasteiger partial charge in [-0.1, -0.05) is 6.07 Å². The number of nitrogens with one attached hydrogen (secondary N) is 2. The van der Waals surface area contributed by atoms with Crippen LogP contribution in [0.25, 0.3) is 11.3 Å². The lowest BCUT2D eigenvalue weighted by molar-refractivity contribution is 0.0950. The van der Waals surface area contributed by atoms with Crippen molar-refractivity contribution in [2.24, 2.45) is 5.92 Å². The van der Waals surface area contributed by atoms with Crippen LogP contribution >= 0.6 is 11.3 Å². The number of rotatable bonds is 6. The molecule has 4 rings (SSSR count). The molecule has 1 aliphatic rings. The van der Waals surface area contributed by atoms with E-state index < -0.39 is 0 Å². The summed E-state index contributed by atoms with van der Waals surface area (Å²) < 4.78 is 0. The standard InChI is InChI=1S/C22H21N3O2S/c1-14-2-6-18(25-22(27)17-8-9-28-13-17)10-19(14)20-7-5-16(12-23-20)21(26)24-11-15-3-4-15/h2,5-10,12-13,15H,3-4,11H2,1H3,(H,24,26)(H,25,27). The van der Waals surface area contributed by atoms with Crippen molar-refractivity contribution in [1.82, 2.24) is 10.3 Å². The Balaban J connectivity index is 1.49. The molecule has 0 radical (unpaired) electrons. The maximum Gasteiger partial charge on any atom is 0.256 e. The molecule has 0 unspecified atom stereocenters. The molecule has 3 aromatic rings. The third-order valence-electron chi connectivity index (χ3n) is 4.83. The van der Waals surface area contributed by atoms with E-state index in [9.17, 15) is 9.59 Å². The van der Waals surface area contributed by atoms with Gasteiger partial charge in [0.1, 0.15) is 0 Å². The van der Waals surface area contributed by atoms with Crippen molar-refractivity contribution < 1.29 is 9.59 Å². The van der Waals surface area contributed by atoms with Crippen LogP contribution in [0.5, 0.6) is 0 Å². The number of anilines is 1. The van der Waals surface area contributed by atoms with Crippen molar-refractivity contribution in [3.05, 3.63) is 70.0 Å². The fourth-order valence-corrected chi connectivity index (χ4v) is 3.56. The molecule has 0 saturated heterocycles. The summed E-state index contributed by atoms with van der Waals surface area (Å²) in [5.74, 6) is 0.428. The zero-order valence-corrected chi connectivity index (χ0v) is 16.4. The smallest absolute Gasteiger partial charge is 0.256 e. The van der Waals surface area contributed by atoms with E-state index in [1.807, 2.05) is 41.9 Å². The molecule has 2 aromatic heterocycles. The normalized spacial score (nSPS) is 13.2.